The van der Waals surface area contributed by atoms with Gasteiger partial charge in [-0.1, -0.05) is 36.2 Å². The lowest BCUT2D eigenvalue weighted by Crippen LogP contribution is -2.18. The molecule has 3 heteroatoms. The molecule has 0 aliphatic rings. The van der Waals surface area contributed by atoms with Crippen LogP contribution in [0.3, 0.4) is 0 Å². The average molecular weight is 258 g/mol. The molecule has 0 saturated carbocycles. The number of benzene rings is 1. The zero-order valence-electron chi connectivity index (χ0n) is 8.50. The summed E-state index contributed by atoms with van der Waals surface area (Å²) in [7, 11) is 0. The topological polar surface area (TPSA) is 46.2 Å². The monoisotopic (exact) mass is 257 g/mol. The van der Waals surface area contributed by atoms with Crippen molar-refractivity contribution in [1.29, 1.82) is 0 Å². The lowest BCUT2D eigenvalue weighted by atomic mass is 9.93. The summed E-state index contributed by atoms with van der Waals surface area (Å²) in [6.07, 6.45) is 1.01. The second kappa shape index (κ2) is 4.80. The predicted octanol–water partition coefficient (Wildman–Crippen LogP) is 3.20. The fourth-order valence-corrected chi connectivity index (χ4v) is 1.73. The van der Waals surface area contributed by atoms with Crippen LogP contribution in [0.25, 0.3) is 0 Å². The second-order valence-corrected chi connectivity index (χ2v) is 4.53. The van der Waals surface area contributed by atoms with E-state index in [1.807, 2.05) is 12.1 Å². The molecule has 14 heavy (non-hydrogen) atoms. The Bertz CT molecular complexity index is 314. The molecule has 3 N–H and O–H groups in total. The Morgan fingerprint density at radius 2 is 2.14 bits per heavy atom. The van der Waals surface area contributed by atoms with Gasteiger partial charge in [0.25, 0.3) is 0 Å². The maximum absolute atomic E-state index is 9.65. The highest BCUT2D eigenvalue weighted by atomic mass is 79.9. The molecule has 2 nitrogen and oxygen atoms in total. The first-order valence-electron chi connectivity index (χ1n) is 4.80. The van der Waals surface area contributed by atoms with Crippen molar-refractivity contribution in [3.8, 4) is 5.75 Å². The van der Waals surface area contributed by atoms with Gasteiger partial charge in [-0.25, -0.2) is 0 Å². The van der Waals surface area contributed by atoms with E-state index in [9.17, 15) is 5.11 Å². The molecule has 0 saturated heterocycles. The van der Waals surface area contributed by atoms with Crippen molar-refractivity contribution in [2.24, 2.45) is 11.7 Å². The number of phenols is 1. The van der Waals surface area contributed by atoms with Gasteiger partial charge in [-0.05, 0) is 24.1 Å². The molecule has 1 aromatic rings. The van der Waals surface area contributed by atoms with Crippen molar-refractivity contribution >= 4 is 15.9 Å². The zero-order valence-corrected chi connectivity index (χ0v) is 10.1. The van der Waals surface area contributed by atoms with Crippen LogP contribution in [0.1, 0.15) is 31.9 Å². The van der Waals surface area contributed by atoms with Gasteiger partial charge in [-0.2, -0.15) is 0 Å². The maximum atomic E-state index is 9.65. The number of halogens is 1. The van der Waals surface area contributed by atoms with Gasteiger partial charge >= 0.3 is 0 Å². The van der Waals surface area contributed by atoms with E-state index in [4.69, 9.17) is 5.73 Å². The minimum atomic E-state index is -0.0995. The van der Waals surface area contributed by atoms with E-state index in [1.54, 1.807) is 6.07 Å². The van der Waals surface area contributed by atoms with E-state index in [0.29, 0.717) is 5.92 Å². The Hall–Kier alpha value is -0.540. The number of phenolic OH excluding ortho intramolecular Hbond substituents is 1. The number of nitrogens with two attached hydrogens (primary N) is 1. The van der Waals surface area contributed by atoms with Gasteiger partial charge < -0.3 is 10.8 Å². The van der Waals surface area contributed by atoms with Gasteiger partial charge in [0.1, 0.15) is 5.75 Å². The molecule has 0 amide bonds. The molecule has 78 valence electrons. The Balaban J connectivity index is 2.99. The first-order chi connectivity index (χ1) is 6.56. The summed E-state index contributed by atoms with van der Waals surface area (Å²) >= 11 is 3.37. The smallest absolute Gasteiger partial charge is 0.120 e. The Labute approximate surface area is 93.3 Å². The average Bonchev–Trinajstić information content (AvgIpc) is 2.19. The van der Waals surface area contributed by atoms with Crippen LogP contribution in [-0.2, 0) is 0 Å². The van der Waals surface area contributed by atoms with Crippen LogP contribution in [0.15, 0.2) is 22.7 Å². The number of hydrogen-bond donors (Lipinski definition) is 2. The number of aromatic hydroxyl groups is 1. The molecule has 0 aliphatic carbocycles. The molecule has 1 unspecified atom stereocenters. The van der Waals surface area contributed by atoms with Gasteiger partial charge in [0.15, 0.2) is 0 Å². The lowest BCUT2D eigenvalue weighted by Gasteiger charge is -2.19. The third-order valence-corrected chi connectivity index (χ3v) is 3.10. The Morgan fingerprint density at radius 3 is 2.71 bits per heavy atom. The molecular formula is C11H16BrNO. The summed E-state index contributed by atoms with van der Waals surface area (Å²) in [4.78, 5) is 0. The summed E-state index contributed by atoms with van der Waals surface area (Å²) in [5.41, 5.74) is 6.85. The van der Waals surface area contributed by atoms with Gasteiger partial charge in [-0.3, -0.25) is 0 Å². The van der Waals surface area contributed by atoms with Crippen molar-refractivity contribution in [3.05, 3.63) is 28.2 Å². The van der Waals surface area contributed by atoms with Crippen LogP contribution in [0.2, 0.25) is 0 Å². The van der Waals surface area contributed by atoms with Crippen LogP contribution >= 0.6 is 15.9 Å². The normalized spacial score (nSPS) is 15.1. The molecule has 0 heterocycles. The molecule has 2 atom stereocenters. The highest BCUT2D eigenvalue weighted by Crippen LogP contribution is 2.31. The summed E-state index contributed by atoms with van der Waals surface area (Å²) in [6.45, 7) is 4.19. The fraction of sp³-hybridized carbons (Fsp3) is 0.455. The zero-order chi connectivity index (χ0) is 10.7. The van der Waals surface area contributed by atoms with Crippen LogP contribution < -0.4 is 5.73 Å². The van der Waals surface area contributed by atoms with Gasteiger partial charge in [0.2, 0.25) is 0 Å². The SMILES string of the molecule is CCC(C)[C@@H](N)c1cc(Br)ccc1O. The largest absolute Gasteiger partial charge is 0.508 e. The predicted molar refractivity (Wildman–Crippen MR) is 62.2 cm³/mol. The molecule has 0 aliphatic heterocycles. The van der Waals surface area contributed by atoms with E-state index in [1.165, 1.54) is 0 Å². The van der Waals surface area contributed by atoms with E-state index >= 15 is 0 Å². The fourth-order valence-electron chi connectivity index (χ4n) is 1.35. The quantitative estimate of drug-likeness (QED) is 0.874. The highest BCUT2D eigenvalue weighted by molar-refractivity contribution is 9.10. The van der Waals surface area contributed by atoms with Gasteiger partial charge in [0, 0.05) is 16.1 Å². The summed E-state index contributed by atoms with van der Waals surface area (Å²) in [5, 5.41) is 9.65. The van der Waals surface area contributed by atoms with Crippen LogP contribution in [0.4, 0.5) is 0 Å². The molecular weight excluding hydrogens is 242 g/mol. The molecule has 0 radical (unpaired) electrons. The summed E-state index contributed by atoms with van der Waals surface area (Å²) in [5.74, 6) is 0.649. The number of rotatable bonds is 3. The molecule has 1 rings (SSSR count). The molecule has 0 bridgehead atoms. The second-order valence-electron chi connectivity index (χ2n) is 3.61. The van der Waals surface area contributed by atoms with Crippen LogP contribution in [0, 0.1) is 5.92 Å². The maximum Gasteiger partial charge on any atom is 0.120 e. The van der Waals surface area contributed by atoms with Gasteiger partial charge in [-0.15, -0.1) is 0 Å². The molecule has 1 aromatic carbocycles. The van der Waals surface area contributed by atoms with E-state index < -0.39 is 0 Å². The van der Waals surface area contributed by atoms with E-state index in [0.717, 1.165) is 16.5 Å². The standard InChI is InChI=1S/C11H16BrNO/c1-3-7(2)11(13)9-6-8(12)4-5-10(9)14/h4-7,11,14H,3,13H2,1-2H3/t7?,11-/m1/s1. The third kappa shape index (κ3) is 2.49. The van der Waals surface area contributed by atoms with Crippen molar-refractivity contribution in [1.82, 2.24) is 0 Å². The van der Waals surface area contributed by atoms with Crippen molar-refractivity contribution in [2.45, 2.75) is 26.3 Å². The number of hydrogen-bond acceptors (Lipinski definition) is 2. The molecule has 0 aromatic heterocycles. The van der Waals surface area contributed by atoms with E-state index in [-0.39, 0.29) is 11.8 Å². The molecule has 0 fully saturated rings. The van der Waals surface area contributed by atoms with Crippen LogP contribution in [-0.4, -0.2) is 5.11 Å². The first-order valence-corrected chi connectivity index (χ1v) is 5.59. The minimum Gasteiger partial charge on any atom is -0.508 e. The molecule has 0 spiro atoms. The third-order valence-electron chi connectivity index (χ3n) is 2.61. The van der Waals surface area contributed by atoms with Crippen molar-refractivity contribution in [2.75, 3.05) is 0 Å². The van der Waals surface area contributed by atoms with Gasteiger partial charge in [0.05, 0.1) is 0 Å². The minimum absolute atomic E-state index is 0.0995. The van der Waals surface area contributed by atoms with Crippen LogP contribution in [0.5, 0.6) is 5.75 Å². The Morgan fingerprint density at radius 1 is 1.50 bits per heavy atom. The van der Waals surface area contributed by atoms with E-state index in [2.05, 4.69) is 29.8 Å². The lowest BCUT2D eigenvalue weighted by molar-refractivity contribution is 0.419. The Kier molecular flexibility index (Phi) is 3.96. The van der Waals surface area contributed by atoms with Crippen molar-refractivity contribution in [3.63, 3.8) is 0 Å². The summed E-state index contributed by atoms with van der Waals surface area (Å²) < 4.78 is 0.948. The highest BCUT2D eigenvalue weighted by Gasteiger charge is 2.16. The van der Waals surface area contributed by atoms with Crippen molar-refractivity contribution < 1.29 is 5.11 Å². The summed E-state index contributed by atoms with van der Waals surface area (Å²) in [6, 6.07) is 5.26. The first kappa shape index (κ1) is 11.5.